The summed E-state index contributed by atoms with van der Waals surface area (Å²) in [6.45, 7) is 0. The summed E-state index contributed by atoms with van der Waals surface area (Å²) in [5, 5.41) is 16.8. The smallest absolute Gasteiger partial charge is 0.338 e. The lowest BCUT2D eigenvalue weighted by Gasteiger charge is -2.00. The normalized spacial score (nSPS) is 10.5. The number of rotatable bonds is 1. The molecule has 0 radical (unpaired) electrons. The van der Waals surface area contributed by atoms with Gasteiger partial charge in [0.1, 0.15) is 15.9 Å². The molecule has 2 rings (SSSR count). The minimum Gasteiger partial charge on any atom is -0.506 e. The van der Waals surface area contributed by atoms with Gasteiger partial charge in [-0.25, -0.2) is 4.79 Å². The highest BCUT2D eigenvalue weighted by Crippen LogP contribution is 2.29. The molecule has 0 spiro atoms. The van der Waals surface area contributed by atoms with Gasteiger partial charge < -0.3 is 9.84 Å². The van der Waals surface area contributed by atoms with E-state index < -0.39 is 5.97 Å². The fourth-order valence-corrected chi connectivity index (χ4v) is 1.70. The van der Waals surface area contributed by atoms with Crippen molar-refractivity contribution in [2.75, 3.05) is 7.11 Å². The number of aromatic amines is 1. The maximum Gasteiger partial charge on any atom is 0.338 e. The number of esters is 1. The molecular formula is C9H7BrN2O3. The number of carbonyl (C=O) groups is 1. The van der Waals surface area contributed by atoms with Crippen molar-refractivity contribution >= 4 is 32.8 Å². The second-order valence-electron chi connectivity index (χ2n) is 2.92. The summed E-state index contributed by atoms with van der Waals surface area (Å²) in [6, 6.07) is 2.91. The number of nitrogens with zero attached hydrogens (tertiary/aromatic N) is 1. The molecule has 78 valence electrons. The standard InChI is InChI=1S/C9H7BrN2O3/c1-15-9(14)4-2-5-7(6(13)3-4)11-12-8(5)10/h2-3,13H,1H3,(H,11,12). The number of aromatic hydroxyl groups is 1. The number of nitrogens with one attached hydrogen (secondary N) is 1. The maximum absolute atomic E-state index is 11.3. The van der Waals surface area contributed by atoms with Crippen LogP contribution in [0.4, 0.5) is 0 Å². The number of fused-ring (bicyclic) bond motifs is 1. The van der Waals surface area contributed by atoms with Crippen LogP contribution in [-0.4, -0.2) is 28.4 Å². The number of methoxy groups -OCH3 is 1. The second-order valence-corrected chi connectivity index (χ2v) is 3.71. The summed E-state index contributed by atoms with van der Waals surface area (Å²) < 4.78 is 5.17. The molecule has 1 aromatic carbocycles. The van der Waals surface area contributed by atoms with Gasteiger partial charge in [0.2, 0.25) is 0 Å². The Bertz CT molecular complexity index is 535. The molecule has 1 aromatic heterocycles. The van der Waals surface area contributed by atoms with Gasteiger partial charge in [-0.2, -0.15) is 5.10 Å². The number of halogens is 1. The molecule has 6 heteroatoms. The van der Waals surface area contributed by atoms with Crippen LogP contribution in [0.5, 0.6) is 5.75 Å². The van der Waals surface area contributed by atoms with E-state index in [0.717, 1.165) is 0 Å². The average Bonchev–Trinajstić information content (AvgIpc) is 2.60. The Morgan fingerprint density at radius 1 is 1.60 bits per heavy atom. The second kappa shape index (κ2) is 3.54. The molecule has 0 unspecified atom stereocenters. The number of phenolic OH excluding ortho intramolecular Hbond substituents is 1. The minimum absolute atomic E-state index is 0.0603. The molecule has 0 aliphatic heterocycles. The molecule has 0 aliphatic rings. The Balaban J connectivity index is 2.70. The molecule has 0 saturated heterocycles. The highest BCUT2D eigenvalue weighted by molar-refractivity contribution is 9.10. The molecule has 5 nitrogen and oxygen atoms in total. The van der Waals surface area contributed by atoms with Crippen molar-refractivity contribution in [1.82, 2.24) is 10.2 Å². The zero-order chi connectivity index (χ0) is 11.0. The number of ether oxygens (including phenoxy) is 1. The first-order chi connectivity index (χ1) is 7.13. The van der Waals surface area contributed by atoms with Crippen LogP contribution in [0.1, 0.15) is 10.4 Å². The van der Waals surface area contributed by atoms with Gasteiger partial charge in [0, 0.05) is 5.39 Å². The zero-order valence-electron chi connectivity index (χ0n) is 7.74. The summed E-state index contributed by atoms with van der Waals surface area (Å²) in [5.74, 6) is -0.560. The van der Waals surface area contributed by atoms with Crippen LogP contribution in [0.2, 0.25) is 0 Å². The van der Waals surface area contributed by atoms with E-state index in [4.69, 9.17) is 0 Å². The number of hydrogen-bond donors (Lipinski definition) is 2. The Morgan fingerprint density at radius 3 is 3.00 bits per heavy atom. The van der Waals surface area contributed by atoms with E-state index in [1.165, 1.54) is 13.2 Å². The molecule has 2 N–H and O–H groups in total. The number of H-pyrrole nitrogens is 1. The van der Waals surface area contributed by atoms with Crippen LogP contribution in [0, 0.1) is 0 Å². The number of phenols is 1. The van der Waals surface area contributed by atoms with Crippen LogP contribution in [0.25, 0.3) is 10.9 Å². The Hall–Kier alpha value is -1.56. The first-order valence-electron chi connectivity index (χ1n) is 4.08. The van der Waals surface area contributed by atoms with Gasteiger partial charge in [0.15, 0.2) is 0 Å². The molecule has 15 heavy (non-hydrogen) atoms. The molecule has 0 bridgehead atoms. The van der Waals surface area contributed by atoms with E-state index in [-0.39, 0.29) is 11.3 Å². The quantitative estimate of drug-likeness (QED) is 0.776. The molecular weight excluding hydrogens is 264 g/mol. The van der Waals surface area contributed by atoms with Gasteiger partial charge in [-0.3, -0.25) is 5.10 Å². The number of aromatic nitrogens is 2. The Labute approximate surface area is 93.2 Å². The van der Waals surface area contributed by atoms with Crippen LogP contribution in [-0.2, 0) is 4.74 Å². The third-order valence-corrected chi connectivity index (χ3v) is 2.62. The Kier molecular flexibility index (Phi) is 2.36. The van der Waals surface area contributed by atoms with Gasteiger partial charge in [-0.15, -0.1) is 0 Å². The first kappa shape index (κ1) is 9.97. The highest BCUT2D eigenvalue weighted by Gasteiger charge is 2.13. The van der Waals surface area contributed by atoms with Gasteiger partial charge in [-0.05, 0) is 28.1 Å². The molecule has 1 heterocycles. The average molecular weight is 271 g/mol. The molecule has 0 atom stereocenters. The van der Waals surface area contributed by atoms with Gasteiger partial charge >= 0.3 is 5.97 Å². The van der Waals surface area contributed by atoms with Crippen molar-refractivity contribution in [3.63, 3.8) is 0 Å². The van der Waals surface area contributed by atoms with Crippen molar-refractivity contribution in [2.24, 2.45) is 0 Å². The predicted octanol–water partition coefficient (Wildman–Crippen LogP) is 1.82. The molecule has 0 amide bonds. The largest absolute Gasteiger partial charge is 0.506 e. The van der Waals surface area contributed by atoms with Gasteiger partial charge in [0.25, 0.3) is 0 Å². The zero-order valence-corrected chi connectivity index (χ0v) is 9.33. The number of carbonyl (C=O) groups excluding carboxylic acids is 1. The first-order valence-corrected chi connectivity index (χ1v) is 4.87. The van der Waals surface area contributed by atoms with E-state index in [2.05, 4.69) is 30.9 Å². The van der Waals surface area contributed by atoms with Crippen LogP contribution in [0.15, 0.2) is 16.7 Å². The lowest BCUT2D eigenvalue weighted by molar-refractivity contribution is 0.0600. The lowest BCUT2D eigenvalue weighted by atomic mass is 10.1. The fourth-order valence-electron chi connectivity index (χ4n) is 1.30. The van der Waals surface area contributed by atoms with E-state index in [1.54, 1.807) is 6.07 Å². The Morgan fingerprint density at radius 2 is 2.33 bits per heavy atom. The van der Waals surface area contributed by atoms with Crippen molar-refractivity contribution in [1.29, 1.82) is 0 Å². The fraction of sp³-hybridized carbons (Fsp3) is 0.111. The van der Waals surface area contributed by atoms with Crippen LogP contribution >= 0.6 is 15.9 Å². The van der Waals surface area contributed by atoms with Crippen molar-refractivity contribution in [2.45, 2.75) is 0 Å². The molecule has 2 aromatic rings. The summed E-state index contributed by atoms with van der Waals surface area (Å²) >= 11 is 3.22. The van der Waals surface area contributed by atoms with E-state index in [9.17, 15) is 9.90 Å². The lowest BCUT2D eigenvalue weighted by Crippen LogP contribution is -2.00. The summed E-state index contributed by atoms with van der Waals surface area (Å²) in [7, 11) is 1.29. The van der Waals surface area contributed by atoms with Crippen molar-refractivity contribution < 1.29 is 14.6 Å². The third-order valence-electron chi connectivity index (χ3n) is 2.01. The van der Waals surface area contributed by atoms with E-state index in [1.807, 2.05) is 0 Å². The summed E-state index contributed by atoms with van der Waals surface area (Å²) in [5.41, 5.74) is 0.694. The number of benzene rings is 1. The molecule has 0 aliphatic carbocycles. The topological polar surface area (TPSA) is 75.2 Å². The third kappa shape index (κ3) is 1.56. The minimum atomic E-state index is -0.500. The van der Waals surface area contributed by atoms with Gasteiger partial charge in [-0.1, -0.05) is 0 Å². The number of hydrogen-bond acceptors (Lipinski definition) is 4. The van der Waals surface area contributed by atoms with Crippen LogP contribution in [0.3, 0.4) is 0 Å². The summed E-state index contributed by atoms with van der Waals surface area (Å²) in [6.07, 6.45) is 0. The maximum atomic E-state index is 11.3. The predicted molar refractivity (Wildman–Crippen MR) is 56.8 cm³/mol. The SMILES string of the molecule is COC(=O)c1cc(O)c2n[nH]c(Br)c2c1. The van der Waals surface area contributed by atoms with Crippen molar-refractivity contribution in [3.05, 3.63) is 22.3 Å². The highest BCUT2D eigenvalue weighted by atomic mass is 79.9. The van der Waals surface area contributed by atoms with E-state index in [0.29, 0.717) is 15.5 Å². The van der Waals surface area contributed by atoms with Crippen LogP contribution < -0.4 is 0 Å². The molecule has 0 fully saturated rings. The van der Waals surface area contributed by atoms with Crippen molar-refractivity contribution in [3.8, 4) is 5.75 Å². The van der Waals surface area contributed by atoms with Gasteiger partial charge in [0.05, 0.1) is 12.7 Å². The monoisotopic (exact) mass is 270 g/mol. The summed E-state index contributed by atoms with van der Waals surface area (Å²) in [4.78, 5) is 11.3. The molecule has 0 saturated carbocycles. The van der Waals surface area contributed by atoms with E-state index >= 15 is 0 Å².